The summed E-state index contributed by atoms with van der Waals surface area (Å²) in [5.41, 5.74) is 2.93. The molecule has 0 saturated heterocycles. The number of carbonyl (C=O) groups is 1. The first-order chi connectivity index (χ1) is 8.51. The van der Waals surface area contributed by atoms with Gasteiger partial charge in [0.25, 0.3) is 0 Å². The van der Waals surface area contributed by atoms with E-state index in [4.69, 9.17) is 0 Å². The Bertz CT molecular complexity index is 540. The van der Waals surface area contributed by atoms with Crippen molar-refractivity contribution in [2.24, 2.45) is 17.3 Å². The third-order valence-corrected chi connectivity index (χ3v) is 4.94. The zero-order valence-electron chi connectivity index (χ0n) is 10.8. The Kier molecular flexibility index (Phi) is 2.37. The normalized spacial score (nSPS) is 28.2. The van der Waals surface area contributed by atoms with E-state index >= 15 is 0 Å². The van der Waals surface area contributed by atoms with Gasteiger partial charge in [-0.3, -0.25) is 0 Å². The van der Waals surface area contributed by atoms with E-state index in [1.165, 1.54) is 12.0 Å². The van der Waals surface area contributed by atoms with Gasteiger partial charge in [0.2, 0.25) is 0 Å². The molecule has 2 atom stereocenters. The van der Waals surface area contributed by atoms with E-state index in [0.717, 1.165) is 17.9 Å². The van der Waals surface area contributed by atoms with Gasteiger partial charge in [0.1, 0.15) is 0 Å². The molecule has 0 radical (unpaired) electrons. The van der Waals surface area contributed by atoms with Crippen LogP contribution in [0.4, 0.5) is 0 Å². The van der Waals surface area contributed by atoms with Crippen LogP contribution in [0.5, 0.6) is 0 Å². The molecule has 0 aromatic heterocycles. The van der Waals surface area contributed by atoms with Crippen molar-refractivity contribution in [3.05, 3.63) is 41.5 Å². The number of hydrogen-bond acceptors (Lipinski definition) is 1. The molecule has 1 aromatic carbocycles. The van der Waals surface area contributed by atoms with E-state index in [1.54, 1.807) is 12.1 Å². The lowest BCUT2D eigenvalue weighted by Crippen LogP contribution is -2.47. The Hall–Kier alpha value is -1.57. The number of aromatic carboxylic acids is 1. The summed E-state index contributed by atoms with van der Waals surface area (Å²) >= 11 is 0. The smallest absolute Gasteiger partial charge is 0.336 e. The Morgan fingerprint density at radius 3 is 2.67 bits per heavy atom. The van der Waals surface area contributed by atoms with Crippen LogP contribution >= 0.6 is 0 Å². The highest BCUT2D eigenvalue weighted by Gasteiger charge is 2.51. The fourth-order valence-corrected chi connectivity index (χ4v) is 3.57. The average molecular weight is 242 g/mol. The number of carboxylic acid groups (broad SMARTS) is 1. The van der Waals surface area contributed by atoms with E-state index in [2.05, 4.69) is 19.9 Å². The summed E-state index contributed by atoms with van der Waals surface area (Å²) in [4.78, 5) is 11.3. The third kappa shape index (κ3) is 1.45. The van der Waals surface area contributed by atoms with Crippen molar-refractivity contribution in [2.75, 3.05) is 0 Å². The van der Waals surface area contributed by atoms with Crippen LogP contribution in [0.25, 0.3) is 5.57 Å². The van der Waals surface area contributed by atoms with Crippen LogP contribution < -0.4 is 0 Å². The first-order valence-electron chi connectivity index (χ1n) is 6.54. The lowest BCUT2D eigenvalue weighted by molar-refractivity contribution is 0.0112. The highest BCUT2D eigenvalue weighted by atomic mass is 16.4. The second kappa shape index (κ2) is 3.71. The van der Waals surface area contributed by atoms with Gasteiger partial charge in [-0.05, 0) is 47.3 Å². The predicted molar refractivity (Wildman–Crippen MR) is 71.4 cm³/mol. The molecule has 0 spiro atoms. The quantitative estimate of drug-likeness (QED) is 0.855. The number of allylic oxidation sites excluding steroid dienone is 2. The van der Waals surface area contributed by atoms with Gasteiger partial charge in [-0.25, -0.2) is 4.79 Å². The van der Waals surface area contributed by atoms with Crippen LogP contribution in [0.3, 0.4) is 0 Å². The minimum Gasteiger partial charge on any atom is -0.478 e. The van der Waals surface area contributed by atoms with Crippen molar-refractivity contribution in [3.63, 3.8) is 0 Å². The summed E-state index contributed by atoms with van der Waals surface area (Å²) in [5, 5.41) is 9.30. The molecule has 0 aliphatic heterocycles. The number of carboxylic acids is 1. The lowest BCUT2D eigenvalue weighted by atomic mass is 9.48. The fraction of sp³-hybridized carbons (Fsp3) is 0.438. The molecule has 1 fully saturated rings. The topological polar surface area (TPSA) is 37.3 Å². The zero-order chi connectivity index (χ0) is 12.9. The minimum absolute atomic E-state index is 0.329. The van der Waals surface area contributed by atoms with E-state index < -0.39 is 5.97 Å². The standard InChI is InChI=1S/C16H18O2/c1-16(2)10-7-8-12(14(16)9-10)11-5-3-4-6-13(11)15(17)18/h3-6,8,10,14H,7,9H2,1-2H3,(H,17,18). The average Bonchev–Trinajstić information content (AvgIpc) is 2.38. The van der Waals surface area contributed by atoms with E-state index in [-0.39, 0.29) is 0 Å². The number of hydrogen-bond donors (Lipinski definition) is 1. The molecule has 1 saturated carbocycles. The van der Waals surface area contributed by atoms with E-state index in [1.807, 2.05) is 12.1 Å². The predicted octanol–water partition coefficient (Wildman–Crippen LogP) is 3.83. The van der Waals surface area contributed by atoms with Crippen molar-refractivity contribution in [1.82, 2.24) is 0 Å². The van der Waals surface area contributed by atoms with Crippen molar-refractivity contribution < 1.29 is 9.90 Å². The monoisotopic (exact) mass is 242 g/mol. The Morgan fingerprint density at radius 2 is 2.06 bits per heavy atom. The van der Waals surface area contributed by atoms with Gasteiger partial charge in [0, 0.05) is 0 Å². The van der Waals surface area contributed by atoms with Gasteiger partial charge in [0.05, 0.1) is 5.56 Å². The third-order valence-electron chi connectivity index (χ3n) is 4.94. The summed E-state index contributed by atoms with van der Waals surface area (Å²) in [6.07, 6.45) is 4.56. The first kappa shape index (κ1) is 11.5. The van der Waals surface area contributed by atoms with Gasteiger partial charge in [-0.1, -0.05) is 38.1 Å². The van der Waals surface area contributed by atoms with Crippen molar-refractivity contribution >= 4 is 11.5 Å². The molecule has 0 heterocycles. The Labute approximate surface area is 107 Å². The van der Waals surface area contributed by atoms with Crippen molar-refractivity contribution in [2.45, 2.75) is 26.7 Å². The first-order valence-corrected chi connectivity index (χ1v) is 6.54. The molecular formula is C16H18O2. The molecule has 1 aromatic rings. The molecule has 2 nitrogen and oxygen atoms in total. The maximum Gasteiger partial charge on any atom is 0.336 e. The highest BCUT2D eigenvalue weighted by molar-refractivity contribution is 5.94. The fourth-order valence-electron chi connectivity index (χ4n) is 3.57. The summed E-state index contributed by atoms with van der Waals surface area (Å²) < 4.78 is 0. The van der Waals surface area contributed by atoms with Crippen LogP contribution in [0.1, 0.15) is 42.6 Å². The van der Waals surface area contributed by atoms with Crippen LogP contribution in [-0.4, -0.2) is 11.1 Å². The Balaban J connectivity index is 2.07. The van der Waals surface area contributed by atoms with Crippen LogP contribution in [0.15, 0.2) is 30.3 Å². The maximum absolute atomic E-state index is 11.3. The van der Waals surface area contributed by atoms with Gasteiger partial charge in [-0.15, -0.1) is 0 Å². The van der Waals surface area contributed by atoms with Gasteiger partial charge < -0.3 is 5.11 Å². The van der Waals surface area contributed by atoms with Crippen LogP contribution in [0.2, 0.25) is 0 Å². The molecule has 3 aliphatic carbocycles. The molecule has 2 heteroatoms. The molecule has 18 heavy (non-hydrogen) atoms. The summed E-state index contributed by atoms with van der Waals surface area (Å²) in [6.45, 7) is 4.62. The van der Waals surface area contributed by atoms with E-state index in [9.17, 15) is 9.90 Å². The molecule has 1 N–H and O–H groups in total. The largest absolute Gasteiger partial charge is 0.478 e. The summed E-state index contributed by atoms with van der Waals surface area (Å²) in [5.74, 6) is 0.478. The highest BCUT2D eigenvalue weighted by Crippen LogP contribution is 2.61. The molecule has 4 rings (SSSR count). The number of benzene rings is 1. The molecular weight excluding hydrogens is 224 g/mol. The summed E-state index contributed by atoms with van der Waals surface area (Å²) in [6, 6.07) is 7.38. The molecule has 94 valence electrons. The molecule has 0 amide bonds. The minimum atomic E-state index is -0.828. The van der Waals surface area contributed by atoms with Crippen LogP contribution in [-0.2, 0) is 0 Å². The van der Waals surface area contributed by atoms with Gasteiger partial charge in [-0.2, -0.15) is 0 Å². The molecule has 3 aliphatic rings. The van der Waals surface area contributed by atoms with Crippen molar-refractivity contribution in [3.8, 4) is 0 Å². The van der Waals surface area contributed by atoms with Crippen LogP contribution in [0, 0.1) is 17.3 Å². The second-order valence-corrected chi connectivity index (χ2v) is 6.05. The van der Waals surface area contributed by atoms with E-state index in [0.29, 0.717) is 16.9 Å². The lowest BCUT2D eigenvalue weighted by Gasteiger charge is -2.56. The number of rotatable bonds is 2. The van der Waals surface area contributed by atoms with Gasteiger partial charge >= 0.3 is 5.97 Å². The molecule has 2 bridgehead atoms. The van der Waals surface area contributed by atoms with Gasteiger partial charge in [0.15, 0.2) is 0 Å². The summed E-state index contributed by atoms with van der Waals surface area (Å²) in [7, 11) is 0. The SMILES string of the molecule is CC1(C)C2CC=C(c3ccccc3C(=O)O)C1C2. The maximum atomic E-state index is 11.3. The number of fused-ring (bicyclic) bond motifs is 1. The molecule has 2 unspecified atom stereocenters. The Morgan fingerprint density at radius 1 is 1.33 bits per heavy atom. The second-order valence-electron chi connectivity index (χ2n) is 6.05. The zero-order valence-corrected chi connectivity index (χ0v) is 10.8. The van der Waals surface area contributed by atoms with Crippen molar-refractivity contribution in [1.29, 1.82) is 0 Å².